The van der Waals surface area contributed by atoms with E-state index < -0.39 is 6.16 Å². The molecule has 0 aromatic rings. The molecule has 0 heterocycles. The van der Waals surface area contributed by atoms with Gasteiger partial charge in [-0.25, -0.2) is 4.79 Å². The molecule has 0 amide bonds. The molecule has 0 saturated heterocycles. The van der Waals surface area contributed by atoms with E-state index in [1.165, 1.54) is 51.4 Å². The Labute approximate surface area is 125 Å². The third kappa shape index (κ3) is 12.3. The van der Waals surface area contributed by atoms with Gasteiger partial charge in [-0.05, 0) is 32.6 Å². The second kappa shape index (κ2) is 13.3. The van der Waals surface area contributed by atoms with Crippen LogP contribution in [0.5, 0.6) is 0 Å². The van der Waals surface area contributed by atoms with Crippen LogP contribution in [0.15, 0.2) is 0 Å². The lowest BCUT2D eigenvalue weighted by atomic mass is 9.95. The minimum Gasteiger partial charge on any atom is -0.434 e. The maximum Gasteiger partial charge on any atom is 0.508 e. The summed E-state index contributed by atoms with van der Waals surface area (Å²) in [5.41, 5.74) is 0. The highest BCUT2D eigenvalue weighted by Gasteiger charge is 2.13. The van der Waals surface area contributed by atoms with Gasteiger partial charge in [0.15, 0.2) is 0 Å². The summed E-state index contributed by atoms with van der Waals surface area (Å²) in [6.07, 6.45) is 10.5. The molecule has 0 bridgehead atoms. The smallest absolute Gasteiger partial charge is 0.434 e. The Morgan fingerprint density at radius 3 is 2.00 bits per heavy atom. The summed E-state index contributed by atoms with van der Waals surface area (Å²) in [4.78, 5) is 11.4. The van der Waals surface area contributed by atoms with Gasteiger partial charge in [-0.15, -0.1) is 0 Å². The molecule has 20 heavy (non-hydrogen) atoms. The van der Waals surface area contributed by atoms with E-state index >= 15 is 0 Å². The van der Waals surface area contributed by atoms with Crippen molar-refractivity contribution < 1.29 is 14.3 Å². The average molecular weight is 286 g/mol. The van der Waals surface area contributed by atoms with Crippen molar-refractivity contribution in [2.45, 2.75) is 91.6 Å². The zero-order valence-corrected chi connectivity index (χ0v) is 14.0. The van der Waals surface area contributed by atoms with Gasteiger partial charge in [0.05, 0.1) is 12.7 Å². The molecule has 0 radical (unpaired) electrons. The van der Waals surface area contributed by atoms with Crippen LogP contribution >= 0.6 is 0 Å². The van der Waals surface area contributed by atoms with Crippen LogP contribution in [0.4, 0.5) is 4.79 Å². The molecule has 3 nitrogen and oxygen atoms in total. The molecule has 0 saturated carbocycles. The molecule has 120 valence electrons. The Morgan fingerprint density at radius 1 is 0.900 bits per heavy atom. The SMILES string of the molecule is CCCCCCC(CCCCC)COC(=O)OC(C)C. The topological polar surface area (TPSA) is 35.5 Å². The predicted molar refractivity (Wildman–Crippen MR) is 84.0 cm³/mol. The van der Waals surface area contributed by atoms with Gasteiger partial charge in [0.25, 0.3) is 0 Å². The Hall–Kier alpha value is -0.730. The van der Waals surface area contributed by atoms with Crippen molar-refractivity contribution >= 4 is 6.16 Å². The van der Waals surface area contributed by atoms with E-state index in [1.807, 2.05) is 13.8 Å². The van der Waals surface area contributed by atoms with Crippen LogP contribution < -0.4 is 0 Å². The molecule has 0 fully saturated rings. The monoisotopic (exact) mass is 286 g/mol. The summed E-state index contributed by atoms with van der Waals surface area (Å²) in [6, 6.07) is 0. The quantitative estimate of drug-likeness (QED) is 0.340. The third-order valence-corrected chi connectivity index (χ3v) is 3.45. The maximum absolute atomic E-state index is 11.4. The molecule has 3 heteroatoms. The molecule has 0 aliphatic heterocycles. The molecule has 1 unspecified atom stereocenters. The summed E-state index contributed by atoms with van der Waals surface area (Å²) >= 11 is 0. The van der Waals surface area contributed by atoms with Crippen LogP contribution in [0, 0.1) is 5.92 Å². The van der Waals surface area contributed by atoms with E-state index in [2.05, 4.69) is 13.8 Å². The van der Waals surface area contributed by atoms with Crippen LogP contribution in [0.2, 0.25) is 0 Å². The minimum atomic E-state index is -0.519. The zero-order chi connectivity index (χ0) is 15.2. The van der Waals surface area contributed by atoms with E-state index in [4.69, 9.17) is 9.47 Å². The van der Waals surface area contributed by atoms with Gasteiger partial charge >= 0.3 is 6.16 Å². The highest BCUT2D eigenvalue weighted by Crippen LogP contribution is 2.18. The number of ether oxygens (including phenoxy) is 2. The van der Waals surface area contributed by atoms with Gasteiger partial charge in [0.1, 0.15) is 0 Å². The zero-order valence-electron chi connectivity index (χ0n) is 14.0. The fourth-order valence-corrected chi connectivity index (χ4v) is 2.27. The van der Waals surface area contributed by atoms with Crippen molar-refractivity contribution in [2.24, 2.45) is 5.92 Å². The van der Waals surface area contributed by atoms with Crippen LogP contribution in [0.25, 0.3) is 0 Å². The number of carbonyl (C=O) groups is 1. The second-order valence-corrected chi connectivity index (χ2v) is 5.94. The summed E-state index contributed by atoms with van der Waals surface area (Å²) in [5, 5.41) is 0. The molecule has 0 N–H and O–H groups in total. The molecule has 0 aromatic heterocycles. The van der Waals surface area contributed by atoms with Crippen LogP contribution in [-0.4, -0.2) is 18.9 Å². The van der Waals surface area contributed by atoms with Gasteiger partial charge in [-0.3, -0.25) is 0 Å². The molecular weight excluding hydrogens is 252 g/mol. The number of rotatable bonds is 12. The van der Waals surface area contributed by atoms with E-state index in [9.17, 15) is 4.79 Å². The number of carbonyl (C=O) groups excluding carboxylic acids is 1. The van der Waals surface area contributed by atoms with Gasteiger partial charge in [-0.2, -0.15) is 0 Å². The van der Waals surface area contributed by atoms with Crippen LogP contribution in [0.1, 0.15) is 85.5 Å². The first kappa shape index (κ1) is 19.3. The lowest BCUT2D eigenvalue weighted by Gasteiger charge is -2.17. The molecule has 1 atom stereocenters. The molecule has 0 rings (SSSR count). The highest BCUT2D eigenvalue weighted by atomic mass is 16.7. The first-order chi connectivity index (χ1) is 9.60. The van der Waals surface area contributed by atoms with Gasteiger partial charge in [0.2, 0.25) is 0 Å². The number of hydrogen-bond acceptors (Lipinski definition) is 3. The predicted octanol–water partition coefficient (Wildman–Crippen LogP) is 5.71. The van der Waals surface area contributed by atoms with Gasteiger partial charge in [-0.1, -0.05) is 58.8 Å². The third-order valence-electron chi connectivity index (χ3n) is 3.45. The molecular formula is C17H34O3. The van der Waals surface area contributed by atoms with Crippen molar-refractivity contribution in [3.8, 4) is 0 Å². The Morgan fingerprint density at radius 2 is 1.45 bits per heavy atom. The van der Waals surface area contributed by atoms with Crippen molar-refractivity contribution in [1.29, 1.82) is 0 Å². The first-order valence-corrected chi connectivity index (χ1v) is 8.43. The fraction of sp³-hybridized carbons (Fsp3) is 0.941. The Kier molecular flexibility index (Phi) is 12.8. The van der Waals surface area contributed by atoms with Crippen molar-refractivity contribution in [1.82, 2.24) is 0 Å². The lowest BCUT2D eigenvalue weighted by Crippen LogP contribution is -2.18. The standard InChI is InChI=1S/C17H34O3/c1-5-7-9-11-13-16(12-10-8-6-2)14-19-17(18)20-15(3)4/h15-16H,5-14H2,1-4H3. The van der Waals surface area contributed by atoms with Gasteiger partial charge in [0, 0.05) is 0 Å². The normalized spacial score (nSPS) is 12.4. The van der Waals surface area contributed by atoms with Crippen LogP contribution in [-0.2, 0) is 9.47 Å². The van der Waals surface area contributed by atoms with Crippen molar-refractivity contribution in [2.75, 3.05) is 6.61 Å². The Balaban J connectivity index is 3.92. The summed E-state index contributed by atoms with van der Waals surface area (Å²) in [5.74, 6) is 0.498. The Bertz CT molecular complexity index is 226. The lowest BCUT2D eigenvalue weighted by molar-refractivity contribution is 0.0234. The maximum atomic E-state index is 11.4. The molecule has 0 spiro atoms. The fourth-order valence-electron chi connectivity index (χ4n) is 2.27. The first-order valence-electron chi connectivity index (χ1n) is 8.43. The highest BCUT2D eigenvalue weighted by molar-refractivity contribution is 5.59. The summed E-state index contributed by atoms with van der Waals surface area (Å²) in [7, 11) is 0. The number of unbranched alkanes of at least 4 members (excludes halogenated alkanes) is 5. The summed E-state index contributed by atoms with van der Waals surface area (Å²) in [6.45, 7) is 8.63. The van der Waals surface area contributed by atoms with Gasteiger partial charge < -0.3 is 9.47 Å². The average Bonchev–Trinajstić information content (AvgIpc) is 2.39. The largest absolute Gasteiger partial charge is 0.508 e. The molecule has 0 aliphatic carbocycles. The van der Waals surface area contributed by atoms with E-state index in [-0.39, 0.29) is 6.10 Å². The van der Waals surface area contributed by atoms with E-state index in [0.717, 1.165) is 6.42 Å². The second-order valence-electron chi connectivity index (χ2n) is 5.94. The van der Waals surface area contributed by atoms with E-state index in [0.29, 0.717) is 12.5 Å². The van der Waals surface area contributed by atoms with E-state index in [1.54, 1.807) is 0 Å². The molecule has 0 aliphatic rings. The van der Waals surface area contributed by atoms with Crippen molar-refractivity contribution in [3.05, 3.63) is 0 Å². The summed E-state index contributed by atoms with van der Waals surface area (Å²) < 4.78 is 10.2. The van der Waals surface area contributed by atoms with Crippen molar-refractivity contribution in [3.63, 3.8) is 0 Å². The number of hydrogen-bond donors (Lipinski definition) is 0. The molecule has 0 aromatic carbocycles. The van der Waals surface area contributed by atoms with Crippen LogP contribution in [0.3, 0.4) is 0 Å². The minimum absolute atomic E-state index is 0.106.